The molecule has 2 heterocycles. The molecule has 0 bridgehead atoms. The van der Waals surface area contributed by atoms with Crippen LogP contribution in [-0.2, 0) is 24.5 Å². The standard InChI is InChI=1S/C21H21F4N3O/c1-13-11-29-20(15-3-4-18-19(7-15)27(2)12-26-18)10-28(13)9-14-5-16(21(23,24)25)8-17(22)6-14/h3-8,12-13,20H,9-11H2,1-2H3/t13-,20+/m1/s1. The highest BCUT2D eigenvalue weighted by atomic mass is 19.4. The summed E-state index contributed by atoms with van der Waals surface area (Å²) in [5.41, 5.74) is 2.18. The first-order chi connectivity index (χ1) is 13.7. The summed E-state index contributed by atoms with van der Waals surface area (Å²) in [6.45, 7) is 3.11. The molecule has 0 amide bonds. The number of nitrogens with zero attached hydrogens (tertiary/aromatic N) is 3. The lowest BCUT2D eigenvalue weighted by Crippen LogP contribution is -2.44. The number of rotatable bonds is 3. The lowest BCUT2D eigenvalue weighted by Gasteiger charge is -2.38. The van der Waals surface area contributed by atoms with E-state index in [9.17, 15) is 17.6 Å². The summed E-state index contributed by atoms with van der Waals surface area (Å²) in [7, 11) is 1.91. The first kappa shape index (κ1) is 19.8. The quantitative estimate of drug-likeness (QED) is 0.590. The zero-order chi connectivity index (χ0) is 20.8. The normalized spacial score (nSPS) is 21.0. The predicted molar refractivity (Wildman–Crippen MR) is 101 cm³/mol. The molecule has 1 fully saturated rings. The Morgan fingerprint density at radius 1 is 1.17 bits per heavy atom. The Bertz CT molecular complexity index is 1030. The van der Waals surface area contributed by atoms with Crippen molar-refractivity contribution in [3.05, 3.63) is 65.2 Å². The fourth-order valence-corrected chi connectivity index (χ4v) is 3.71. The number of aryl methyl sites for hydroxylation is 1. The zero-order valence-corrected chi connectivity index (χ0v) is 16.1. The highest BCUT2D eigenvalue weighted by Gasteiger charge is 2.32. The van der Waals surface area contributed by atoms with Gasteiger partial charge in [-0.25, -0.2) is 9.37 Å². The fourth-order valence-electron chi connectivity index (χ4n) is 3.71. The van der Waals surface area contributed by atoms with Crippen LogP contribution in [0.1, 0.15) is 29.7 Å². The molecule has 0 radical (unpaired) electrons. The monoisotopic (exact) mass is 407 g/mol. The van der Waals surface area contributed by atoms with Crippen molar-refractivity contribution in [3.63, 3.8) is 0 Å². The third-order valence-electron chi connectivity index (χ3n) is 5.35. The molecule has 0 spiro atoms. The second-order valence-electron chi connectivity index (χ2n) is 7.55. The van der Waals surface area contributed by atoms with Crippen LogP contribution >= 0.6 is 0 Å². The van der Waals surface area contributed by atoms with Gasteiger partial charge in [-0.2, -0.15) is 13.2 Å². The van der Waals surface area contributed by atoms with Crippen LogP contribution in [0.2, 0.25) is 0 Å². The Balaban J connectivity index is 1.56. The van der Waals surface area contributed by atoms with Gasteiger partial charge in [-0.1, -0.05) is 6.07 Å². The maximum absolute atomic E-state index is 13.8. The molecule has 0 N–H and O–H groups in total. The number of morpholine rings is 1. The van der Waals surface area contributed by atoms with Gasteiger partial charge in [-0.15, -0.1) is 0 Å². The largest absolute Gasteiger partial charge is 0.416 e. The zero-order valence-electron chi connectivity index (χ0n) is 16.1. The Morgan fingerprint density at radius 2 is 1.97 bits per heavy atom. The van der Waals surface area contributed by atoms with E-state index in [1.165, 1.54) is 0 Å². The number of halogens is 4. The molecule has 1 aliphatic rings. The van der Waals surface area contributed by atoms with Crippen molar-refractivity contribution in [2.24, 2.45) is 7.05 Å². The van der Waals surface area contributed by atoms with Gasteiger partial charge in [0.05, 0.1) is 35.6 Å². The molecule has 4 nitrogen and oxygen atoms in total. The van der Waals surface area contributed by atoms with Crippen molar-refractivity contribution in [2.75, 3.05) is 13.2 Å². The minimum atomic E-state index is -4.57. The molecule has 0 unspecified atom stereocenters. The summed E-state index contributed by atoms with van der Waals surface area (Å²) in [4.78, 5) is 6.33. The minimum Gasteiger partial charge on any atom is -0.371 e. The summed E-state index contributed by atoms with van der Waals surface area (Å²) in [5.74, 6) is -0.881. The van der Waals surface area contributed by atoms with E-state index in [4.69, 9.17) is 4.74 Å². The van der Waals surface area contributed by atoms with E-state index >= 15 is 0 Å². The molecule has 2 aromatic carbocycles. The van der Waals surface area contributed by atoms with E-state index in [0.29, 0.717) is 24.8 Å². The van der Waals surface area contributed by atoms with Crippen LogP contribution in [0.15, 0.2) is 42.7 Å². The van der Waals surface area contributed by atoms with Crippen molar-refractivity contribution in [1.82, 2.24) is 14.5 Å². The Hall–Kier alpha value is -2.45. The van der Waals surface area contributed by atoms with Crippen molar-refractivity contribution in [3.8, 4) is 0 Å². The second kappa shape index (κ2) is 7.42. The Labute approximate surface area is 165 Å². The molecule has 8 heteroatoms. The lowest BCUT2D eigenvalue weighted by molar-refractivity contribution is -0.137. The van der Waals surface area contributed by atoms with Crippen LogP contribution in [0, 0.1) is 5.82 Å². The third kappa shape index (κ3) is 4.13. The van der Waals surface area contributed by atoms with Gasteiger partial charge in [0, 0.05) is 26.2 Å². The van der Waals surface area contributed by atoms with Crippen molar-refractivity contribution in [2.45, 2.75) is 31.8 Å². The van der Waals surface area contributed by atoms with E-state index in [-0.39, 0.29) is 18.7 Å². The molecule has 3 aromatic rings. The number of hydrogen-bond donors (Lipinski definition) is 0. The molecule has 154 valence electrons. The maximum Gasteiger partial charge on any atom is 0.416 e. The first-order valence-electron chi connectivity index (χ1n) is 9.34. The average Bonchev–Trinajstić information content (AvgIpc) is 3.03. The number of aromatic nitrogens is 2. The number of ether oxygens (including phenoxy) is 1. The van der Waals surface area contributed by atoms with Crippen LogP contribution in [0.3, 0.4) is 0 Å². The molecule has 0 saturated carbocycles. The summed E-state index contributed by atoms with van der Waals surface area (Å²) < 4.78 is 60.7. The van der Waals surface area contributed by atoms with Gasteiger partial charge in [0.2, 0.25) is 0 Å². The van der Waals surface area contributed by atoms with Crippen molar-refractivity contribution >= 4 is 11.0 Å². The minimum absolute atomic E-state index is 0.00397. The summed E-state index contributed by atoms with van der Waals surface area (Å²) in [6.07, 6.45) is -3.05. The second-order valence-corrected chi connectivity index (χ2v) is 7.55. The third-order valence-corrected chi connectivity index (χ3v) is 5.35. The Kier molecular flexibility index (Phi) is 5.08. The SMILES string of the molecule is C[C@@H]1CO[C@H](c2ccc3ncn(C)c3c2)CN1Cc1cc(F)cc(C(F)(F)F)c1. The molecule has 1 saturated heterocycles. The van der Waals surface area contributed by atoms with Crippen LogP contribution in [0.4, 0.5) is 17.6 Å². The molecule has 1 aliphatic heterocycles. The van der Waals surface area contributed by atoms with Gasteiger partial charge >= 0.3 is 6.18 Å². The highest BCUT2D eigenvalue weighted by molar-refractivity contribution is 5.76. The van der Waals surface area contributed by atoms with Crippen molar-refractivity contribution < 1.29 is 22.3 Å². The summed E-state index contributed by atoms with van der Waals surface area (Å²) in [6, 6.07) is 8.61. The molecular weight excluding hydrogens is 386 g/mol. The maximum atomic E-state index is 13.8. The molecule has 29 heavy (non-hydrogen) atoms. The first-order valence-corrected chi connectivity index (χ1v) is 9.34. The van der Waals surface area contributed by atoms with E-state index in [1.807, 2.05) is 41.6 Å². The molecule has 0 aliphatic carbocycles. The van der Waals surface area contributed by atoms with Gasteiger partial charge in [0.25, 0.3) is 0 Å². The van der Waals surface area contributed by atoms with E-state index in [1.54, 1.807) is 6.33 Å². The van der Waals surface area contributed by atoms with Gasteiger partial charge in [0.1, 0.15) is 5.82 Å². The topological polar surface area (TPSA) is 30.3 Å². The fraction of sp³-hybridized carbons (Fsp3) is 0.381. The molecule has 1 aromatic heterocycles. The van der Waals surface area contributed by atoms with E-state index in [2.05, 4.69) is 4.98 Å². The van der Waals surface area contributed by atoms with Crippen molar-refractivity contribution in [1.29, 1.82) is 0 Å². The van der Waals surface area contributed by atoms with E-state index < -0.39 is 17.6 Å². The number of hydrogen-bond acceptors (Lipinski definition) is 3. The van der Waals surface area contributed by atoms with Crippen LogP contribution in [-0.4, -0.2) is 33.6 Å². The number of alkyl halides is 3. The summed E-state index contributed by atoms with van der Waals surface area (Å²) in [5, 5.41) is 0. The van der Waals surface area contributed by atoms with Gasteiger partial charge < -0.3 is 9.30 Å². The molecular formula is C21H21F4N3O. The van der Waals surface area contributed by atoms with Gasteiger partial charge in [-0.05, 0) is 48.4 Å². The van der Waals surface area contributed by atoms with Gasteiger partial charge in [0.15, 0.2) is 0 Å². The number of imidazole rings is 1. The predicted octanol–water partition coefficient (Wildman–Crippen LogP) is 4.69. The molecule has 4 rings (SSSR count). The van der Waals surface area contributed by atoms with Crippen LogP contribution in [0.25, 0.3) is 11.0 Å². The van der Waals surface area contributed by atoms with Gasteiger partial charge in [-0.3, -0.25) is 4.90 Å². The number of fused-ring (bicyclic) bond motifs is 1. The Morgan fingerprint density at radius 3 is 2.72 bits per heavy atom. The number of benzene rings is 2. The highest BCUT2D eigenvalue weighted by Crippen LogP contribution is 2.32. The van der Waals surface area contributed by atoms with E-state index in [0.717, 1.165) is 28.7 Å². The van der Waals surface area contributed by atoms with Crippen LogP contribution in [0.5, 0.6) is 0 Å². The molecule has 2 atom stereocenters. The van der Waals surface area contributed by atoms with Crippen LogP contribution < -0.4 is 0 Å². The average molecular weight is 407 g/mol. The smallest absolute Gasteiger partial charge is 0.371 e. The lowest BCUT2D eigenvalue weighted by atomic mass is 10.0. The summed E-state index contributed by atoms with van der Waals surface area (Å²) >= 11 is 0.